The van der Waals surface area contributed by atoms with Crippen LogP contribution in [0.5, 0.6) is 11.5 Å². The number of benzene rings is 4. The third kappa shape index (κ3) is 9.72. The van der Waals surface area contributed by atoms with Crippen LogP contribution in [0.25, 0.3) is 5.57 Å². The lowest BCUT2D eigenvalue weighted by Crippen LogP contribution is -2.38. The predicted octanol–water partition coefficient (Wildman–Crippen LogP) is 9.56. The van der Waals surface area contributed by atoms with Crippen LogP contribution < -0.4 is 9.47 Å². The van der Waals surface area contributed by atoms with Gasteiger partial charge in [0.25, 0.3) is 0 Å². The number of ketones is 2. The van der Waals surface area contributed by atoms with Crippen LogP contribution in [0.1, 0.15) is 77.7 Å². The molecule has 2 saturated heterocycles. The minimum atomic E-state index is -0.301. The first-order valence-corrected chi connectivity index (χ1v) is 19.6. The van der Waals surface area contributed by atoms with Crippen molar-refractivity contribution in [2.45, 2.75) is 52.7 Å². The number of hydrogen-bond donors (Lipinski definition) is 0. The van der Waals surface area contributed by atoms with Crippen molar-refractivity contribution in [2.75, 3.05) is 39.4 Å². The molecule has 56 heavy (non-hydrogen) atoms. The van der Waals surface area contributed by atoms with Gasteiger partial charge in [-0.05, 0) is 91.9 Å². The van der Waals surface area contributed by atoms with Crippen molar-refractivity contribution >= 4 is 52.5 Å². The highest BCUT2D eigenvalue weighted by atomic mass is 35.5. The molecular weight excluding hydrogens is 755 g/mol. The molecule has 0 spiro atoms. The van der Waals surface area contributed by atoms with E-state index < -0.39 is 0 Å². The average Bonchev–Trinajstić information content (AvgIpc) is 3.46. The van der Waals surface area contributed by atoms with Gasteiger partial charge >= 0.3 is 12.2 Å². The smallest absolute Gasteiger partial charge is 0.409 e. The predicted molar refractivity (Wildman–Crippen MR) is 215 cm³/mol. The number of halogens is 2. The third-order valence-corrected chi connectivity index (χ3v) is 10.3. The summed E-state index contributed by atoms with van der Waals surface area (Å²) < 4.78 is 21.6. The molecular formula is C44H44Cl2N2O8. The second-order valence-corrected chi connectivity index (χ2v) is 14.3. The van der Waals surface area contributed by atoms with Gasteiger partial charge in [0, 0.05) is 65.8 Å². The first-order chi connectivity index (χ1) is 27.2. The first-order valence-electron chi connectivity index (χ1n) is 18.8. The molecule has 0 bridgehead atoms. The summed E-state index contributed by atoms with van der Waals surface area (Å²) in [6.45, 7) is 7.64. The molecule has 0 atom stereocenters. The molecule has 8 rings (SSSR count). The van der Waals surface area contributed by atoms with Gasteiger partial charge in [-0.1, -0.05) is 65.2 Å². The molecule has 2 fully saturated rings. The Morgan fingerprint density at radius 2 is 1.07 bits per heavy atom. The highest BCUT2D eigenvalue weighted by Gasteiger charge is 2.27. The van der Waals surface area contributed by atoms with Gasteiger partial charge in [0.1, 0.15) is 30.5 Å². The van der Waals surface area contributed by atoms with Crippen LogP contribution in [0, 0.1) is 0 Å². The molecule has 10 nitrogen and oxygen atoms in total. The van der Waals surface area contributed by atoms with Crippen molar-refractivity contribution in [2.24, 2.45) is 0 Å². The van der Waals surface area contributed by atoms with Crippen LogP contribution in [0.3, 0.4) is 0 Å². The lowest BCUT2D eigenvalue weighted by Gasteiger charge is -2.29. The van der Waals surface area contributed by atoms with Gasteiger partial charge in [-0.25, -0.2) is 9.59 Å². The Kier molecular flexibility index (Phi) is 13.7. The summed E-state index contributed by atoms with van der Waals surface area (Å²) in [6.07, 6.45) is 2.07. The Balaban J connectivity index is 0.000000156. The molecule has 292 valence electrons. The van der Waals surface area contributed by atoms with Crippen molar-refractivity contribution < 1.29 is 38.1 Å². The Bertz CT molecular complexity index is 2110. The fraction of sp³-hybridized carbons (Fsp3) is 0.318. The van der Waals surface area contributed by atoms with Gasteiger partial charge in [0.15, 0.2) is 5.78 Å². The maximum absolute atomic E-state index is 12.3. The Hall–Kier alpha value is -5.32. The number of likely N-dealkylation sites (tertiary alicyclic amines) is 2. The summed E-state index contributed by atoms with van der Waals surface area (Å²) in [4.78, 5) is 49.6. The zero-order valence-electron chi connectivity index (χ0n) is 31.5. The number of carbonyl (C=O) groups excluding carboxylic acids is 4. The van der Waals surface area contributed by atoms with Gasteiger partial charge in [-0.2, -0.15) is 0 Å². The fourth-order valence-electron chi connectivity index (χ4n) is 6.97. The number of para-hydroxylation sites is 2. The van der Waals surface area contributed by atoms with Gasteiger partial charge in [-0.15, -0.1) is 0 Å². The normalized spacial score (nSPS) is 15.6. The molecule has 4 heterocycles. The molecule has 0 N–H and O–H groups in total. The molecule has 4 aromatic carbocycles. The number of amides is 2. The standard InChI is InChI=1S/C22H22ClNO3.C14H9ClO2.C8H13NO3/c1-2-26-22(25)24-11-9-15(10-12-24)21-18-8-7-17(23)13-16(18)14-27-20-6-4-3-5-19(20)21;15-10-5-6-11-9(7-10)8-17-13-4-2-1-3-12(13)14(11)16;1-2-12-8(11)9-5-3-7(10)4-6-9/h3-8,13H,2,9-12,14H2,1H3;1-7H,8H2;2-6H2,1H3. The molecule has 0 aromatic heterocycles. The maximum Gasteiger partial charge on any atom is 0.409 e. The van der Waals surface area contributed by atoms with Crippen LogP contribution in [-0.2, 0) is 27.5 Å². The number of hydrogen-bond acceptors (Lipinski definition) is 8. The second-order valence-electron chi connectivity index (χ2n) is 13.4. The van der Waals surface area contributed by atoms with Crippen molar-refractivity contribution in [3.63, 3.8) is 0 Å². The molecule has 2 amide bonds. The minimum Gasteiger partial charge on any atom is -0.488 e. The lowest BCUT2D eigenvalue weighted by atomic mass is 9.86. The van der Waals surface area contributed by atoms with Crippen LogP contribution in [-0.4, -0.2) is 72.9 Å². The van der Waals surface area contributed by atoms with E-state index >= 15 is 0 Å². The van der Waals surface area contributed by atoms with Crippen LogP contribution in [0.2, 0.25) is 10.0 Å². The van der Waals surface area contributed by atoms with E-state index in [-0.39, 0.29) is 23.8 Å². The van der Waals surface area contributed by atoms with Crippen LogP contribution in [0.4, 0.5) is 9.59 Å². The summed E-state index contributed by atoms with van der Waals surface area (Å²) in [7, 11) is 0. The third-order valence-electron chi connectivity index (χ3n) is 9.80. The van der Waals surface area contributed by atoms with E-state index in [2.05, 4.69) is 12.1 Å². The Labute approximate surface area is 336 Å². The highest BCUT2D eigenvalue weighted by molar-refractivity contribution is 6.31. The molecule has 12 heteroatoms. The molecule has 0 unspecified atom stereocenters. The summed E-state index contributed by atoms with van der Waals surface area (Å²) in [5.74, 6) is 1.74. The molecule has 4 aliphatic rings. The Morgan fingerprint density at radius 3 is 1.62 bits per heavy atom. The van der Waals surface area contributed by atoms with Crippen molar-refractivity contribution in [1.82, 2.24) is 9.80 Å². The number of piperidine rings is 2. The zero-order valence-corrected chi connectivity index (χ0v) is 33.0. The molecule has 0 aliphatic carbocycles. The van der Waals surface area contributed by atoms with Gasteiger partial charge < -0.3 is 28.7 Å². The average molecular weight is 800 g/mol. The summed E-state index contributed by atoms with van der Waals surface area (Å²) in [5, 5.41) is 1.33. The summed E-state index contributed by atoms with van der Waals surface area (Å²) >= 11 is 12.2. The zero-order chi connectivity index (χ0) is 39.6. The van der Waals surface area contributed by atoms with E-state index in [1.807, 2.05) is 49.4 Å². The van der Waals surface area contributed by atoms with E-state index in [0.29, 0.717) is 92.4 Å². The molecule has 4 aliphatic heterocycles. The highest BCUT2D eigenvalue weighted by Crippen LogP contribution is 2.41. The van der Waals surface area contributed by atoms with Crippen molar-refractivity contribution in [1.29, 1.82) is 0 Å². The number of ether oxygens (including phenoxy) is 4. The monoisotopic (exact) mass is 798 g/mol. The van der Waals surface area contributed by atoms with E-state index in [1.54, 1.807) is 47.1 Å². The fourth-order valence-corrected chi connectivity index (χ4v) is 7.36. The maximum atomic E-state index is 12.3. The molecule has 0 radical (unpaired) electrons. The minimum absolute atomic E-state index is 0.00948. The van der Waals surface area contributed by atoms with Gasteiger partial charge in [-0.3, -0.25) is 9.59 Å². The lowest BCUT2D eigenvalue weighted by molar-refractivity contribution is -0.121. The quantitative estimate of drug-likeness (QED) is 0.197. The number of nitrogens with zero attached hydrogens (tertiary/aromatic N) is 2. The van der Waals surface area contributed by atoms with Gasteiger partial charge in [0.05, 0.1) is 18.8 Å². The molecule has 0 saturated carbocycles. The second kappa shape index (κ2) is 19.0. The Morgan fingerprint density at radius 1 is 0.607 bits per heavy atom. The largest absolute Gasteiger partial charge is 0.488 e. The number of fused-ring (bicyclic) bond motifs is 4. The van der Waals surface area contributed by atoms with Crippen LogP contribution in [0.15, 0.2) is 90.5 Å². The topological polar surface area (TPSA) is 112 Å². The van der Waals surface area contributed by atoms with E-state index in [1.165, 1.54) is 16.7 Å². The number of rotatable bonds is 2. The number of Topliss-reactive ketones (excluding diaryl/α,β-unsaturated/α-hetero) is 1. The van der Waals surface area contributed by atoms with Crippen molar-refractivity contribution in [3.05, 3.63) is 134 Å². The SMILES string of the molecule is CCOC(=O)N1CCC(=C2c3ccc(Cl)cc3COc3ccccc32)CC1.CCOC(=O)N1CCC(=O)CC1.O=C1c2ccc(Cl)cc2COc2ccccc21. The summed E-state index contributed by atoms with van der Waals surface area (Å²) in [6, 6.07) is 26.7. The number of carbonyl (C=O) groups is 4. The molecule has 4 aromatic rings. The van der Waals surface area contributed by atoms with Crippen molar-refractivity contribution in [3.8, 4) is 11.5 Å². The van der Waals surface area contributed by atoms with Crippen LogP contribution >= 0.6 is 23.2 Å². The van der Waals surface area contributed by atoms with Gasteiger partial charge in [0.2, 0.25) is 0 Å². The summed E-state index contributed by atoms with van der Waals surface area (Å²) in [5.41, 5.74) is 8.04. The van der Waals surface area contributed by atoms with E-state index in [4.69, 9.17) is 42.1 Å². The van der Waals surface area contributed by atoms with E-state index in [9.17, 15) is 19.2 Å². The van der Waals surface area contributed by atoms with E-state index in [0.717, 1.165) is 35.3 Å². The first kappa shape index (κ1) is 40.3.